The molecule has 2 saturated heterocycles. The van der Waals surface area contributed by atoms with Crippen LogP contribution in [-0.2, 0) is 4.74 Å². The summed E-state index contributed by atoms with van der Waals surface area (Å²) in [6, 6.07) is 0.360. The second-order valence-electron chi connectivity index (χ2n) is 5.17. The lowest BCUT2D eigenvalue weighted by Crippen LogP contribution is -2.45. The van der Waals surface area contributed by atoms with Gasteiger partial charge in [-0.25, -0.2) is 0 Å². The van der Waals surface area contributed by atoms with E-state index in [1.54, 1.807) is 0 Å². The molecule has 2 rings (SSSR count). The molecule has 0 spiro atoms. The summed E-state index contributed by atoms with van der Waals surface area (Å²) in [6.07, 6.45) is -2.56. The number of likely N-dealkylation sites (tertiary alicyclic amines) is 1. The monoisotopic (exact) mass is 266 g/mol. The van der Waals surface area contributed by atoms with E-state index >= 15 is 0 Å². The van der Waals surface area contributed by atoms with E-state index < -0.39 is 12.1 Å². The van der Waals surface area contributed by atoms with Crippen molar-refractivity contribution in [2.24, 2.45) is 5.92 Å². The number of hydrogen-bond donors (Lipinski definition) is 1. The number of ether oxygens (including phenoxy) is 1. The van der Waals surface area contributed by atoms with Crippen molar-refractivity contribution >= 4 is 0 Å². The summed E-state index contributed by atoms with van der Waals surface area (Å²) in [6.45, 7) is 4.36. The predicted octanol–water partition coefficient (Wildman–Crippen LogP) is 1.64. The maximum atomic E-state index is 12.5. The van der Waals surface area contributed by atoms with Gasteiger partial charge in [0.1, 0.15) is 0 Å². The fourth-order valence-corrected chi connectivity index (χ4v) is 2.63. The van der Waals surface area contributed by atoms with Crippen LogP contribution in [0.25, 0.3) is 0 Å². The zero-order valence-corrected chi connectivity index (χ0v) is 10.5. The Morgan fingerprint density at radius 3 is 2.50 bits per heavy atom. The Morgan fingerprint density at radius 2 is 1.94 bits per heavy atom. The highest BCUT2D eigenvalue weighted by molar-refractivity contribution is 4.79. The Labute approximate surface area is 106 Å². The molecule has 2 fully saturated rings. The van der Waals surface area contributed by atoms with E-state index in [2.05, 4.69) is 10.2 Å². The molecule has 2 aliphatic rings. The molecule has 0 aromatic rings. The van der Waals surface area contributed by atoms with Gasteiger partial charge >= 0.3 is 6.18 Å². The Kier molecular flexibility index (Phi) is 4.86. The number of halogens is 3. The first-order valence-corrected chi connectivity index (χ1v) is 6.66. The number of rotatable bonds is 3. The molecule has 0 saturated carbocycles. The second-order valence-corrected chi connectivity index (χ2v) is 5.17. The topological polar surface area (TPSA) is 24.5 Å². The minimum atomic E-state index is -4.01. The van der Waals surface area contributed by atoms with Gasteiger partial charge in [-0.1, -0.05) is 0 Å². The Balaban J connectivity index is 1.64. The number of nitrogens with zero attached hydrogens (tertiary/aromatic N) is 1. The van der Waals surface area contributed by atoms with Gasteiger partial charge in [-0.05, 0) is 38.9 Å². The van der Waals surface area contributed by atoms with Gasteiger partial charge in [0, 0.05) is 12.6 Å². The minimum absolute atomic E-state index is 0.248. The highest BCUT2D eigenvalue weighted by Crippen LogP contribution is 2.34. The predicted molar refractivity (Wildman–Crippen MR) is 62.4 cm³/mol. The van der Waals surface area contributed by atoms with Crippen molar-refractivity contribution in [3.63, 3.8) is 0 Å². The maximum Gasteiger partial charge on any atom is 0.391 e. The first-order valence-electron chi connectivity index (χ1n) is 6.66. The van der Waals surface area contributed by atoms with Crippen molar-refractivity contribution in [3.8, 4) is 0 Å². The minimum Gasteiger partial charge on any atom is -0.379 e. The molecule has 3 nitrogen and oxygen atoms in total. The fraction of sp³-hybridized carbons (Fsp3) is 1.00. The van der Waals surface area contributed by atoms with E-state index in [0.717, 1.165) is 32.7 Å². The van der Waals surface area contributed by atoms with E-state index in [1.807, 2.05) is 0 Å². The van der Waals surface area contributed by atoms with Gasteiger partial charge in [-0.15, -0.1) is 0 Å². The van der Waals surface area contributed by atoms with Crippen LogP contribution in [-0.4, -0.2) is 56.5 Å². The lowest BCUT2D eigenvalue weighted by atomic mass is 9.96. The van der Waals surface area contributed by atoms with Crippen molar-refractivity contribution in [2.75, 3.05) is 39.4 Å². The highest BCUT2D eigenvalue weighted by atomic mass is 19.4. The van der Waals surface area contributed by atoms with E-state index in [-0.39, 0.29) is 12.8 Å². The van der Waals surface area contributed by atoms with E-state index in [1.165, 1.54) is 0 Å². The summed E-state index contributed by atoms with van der Waals surface area (Å²) in [4.78, 5) is 2.14. The zero-order chi connectivity index (χ0) is 13.0. The van der Waals surface area contributed by atoms with Crippen LogP contribution in [0.15, 0.2) is 0 Å². The quantitative estimate of drug-likeness (QED) is 0.840. The molecule has 0 radical (unpaired) electrons. The third-order valence-corrected chi connectivity index (χ3v) is 3.84. The van der Waals surface area contributed by atoms with Crippen LogP contribution in [0.3, 0.4) is 0 Å². The number of nitrogens with one attached hydrogen (secondary N) is 1. The van der Waals surface area contributed by atoms with E-state index in [9.17, 15) is 13.2 Å². The first-order chi connectivity index (χ1) is 8.55. The number of piperidine rings is 1. The lowest BCUT2D eigenvalue weighted by molar-refractivity contribution is -0.185. The van der Waals surface area contributed by atoms with Gasteiger partial charge in [-0.3, -0.25) is 0 Å². The fourth-order valence-electron chi connectivity index (χ4n) is 2.63. The van der Waals surface area contributed by atoms with Gasteiger partial charge < -0.3 is 15.0 Å². The first kappa shape index (κ1) is 14.1. The summed E-state index contributed by atoms with van der Waals surface area (Å²) in [5.41, 5.74) is 0. The summed E-state index contributed by atoms with van der Waals surface area (Å²) < 4.78 is 42.9. The summed E-state index contributed by atoms with van der Waals surface area (Å²) >= 11 is 0. The van der Waals surface area contributed by atoms with Crippen molar-refractivity contribution in [2.45, 2.75) is 31.5 Å². The van der Waals surface area contributed by atoms with Crippen molar-refractivity contribution < 1.29 is 17.9 Å². The molecule has 2 aliphatic heterocycles. The number of alkyl halides is 3. The van der Waals surface area contributed by atoms with Crippen molar-refractivity contribution in [3.05, 3.63) is 0 Å². The molecule has 0 bridgehead atoms. The molecule has 106 valence electrons. The summed E-state index contributed by atoms with van der Waals surface area (Å²) in [7, 11) is 0. The number of morpholine rings is 1. The third-order valence-electron chi connectivity index (χ3n) is 3.84. The zero-order valence-electron chi connectivity index (χ0n) is 10.5. The largest absolute Gasteiger partial charge is 0.391 e. The Hall–Kier alpha value is -0.330. The molecule has 0 aromatic heterocycles. The van der Waals surface area contributed by atoms with Gasteiger partial charge in [0.2, 0.25) is 0 Å². The summed E-state index contributed by atoms with van der Waals surface area (Å²) in [5, 5.41) is 3.36. The molecule has 1 atom stereocenters. The van der Waals surface area contributed by atoms with Crippen LogP contribution < -0.4 is 5.32 Å². The Morgan fingerprint density at radius 1 is 1.22 bits per heavy atom. The van der Waals surface area contributed by atoms with Gasteiger partial charge in [0.05, 0.1) is 19.1 Å². The molecular formula is C12H21F3N2O. The van der Waals surface area contributed by atoms with E-state index in [4.69, 9.17) is 4.74 Å². The average Bonchev–Trinajstić information content (AvgIpc) is 2.37. The SMILES string of the molecule is FC(F)(F)C1CCN(CCC2COCCN2)CC1. The average molecular weight is 266 g/mol. The third kappa shape index (κ3) is 4.10. The van der Waals surface area contributed by atoms with Crippen LogP contribution in [0, 0.1) is 5.92 Å². The van der Waals surface area contributed by atoms with Crippen LogP contribution in [0.1, 0.15) is 19.3 Å². The number of hydrogen-bond acceptors (Lipinski definition) is 3. The Bertz CT molecular complexity index is 246. The molecule has 0 amide bonds. The van der Waals surface area contributed by atoms with Crippen LogP contribution in [0.4, 0.5) is 13.2 Å². The smallest absolute Gasteiger partial charge is 0.379 e. The second kappa shape index (κ2) is 6.21. The normalized spacial score (nSPS) is 28.5. The van der Waals surface area contributed by atoms with Crippen LogP contribution >= 0.6 is 0 Å². The molecule has 6 heteroatoms. The van der Waals surface area contributed by atoms with Gasteiger partial charge in [0.25, 0.3) is 0 Å². The molecule has 0 aromatic carbocycles. The van der Waals surface area contributed by atoms with E-state index in [0.29, 0.717) is 19.1 Å². The summed E-state index contributed by atoms with van der Waals surface area (Å²) in [5.74, 6) is -1.09. The molecule has 1 unspecified atom stereocenters. The molecular weight excluding hydrogens is 245 g/mol. The van der Waals surface area contributed by atoms with Gasteiger partial charge in [0.15, 0.2) is 0 Å². The van der Waals surface area contributed by atoms with Crippen molar-refractivity contribution in [1.82, 2.24) is 10.2 Å². The molecule has 2 heterocycles. The lowest BCUT2D eigenvalue weighted by Gasteiger charge is -2.34. The maximum absolute atomic E-state index is 12.5. The molecule has 0 aliphatic carbocycles. The van der Waals surface area contributed by atoms with Crippen molar-refractivity contribution in [1.29, 1.82) is 0 Å². The molecule has 1 N–H and O–H groups in total. The van der Waals surface area contributed by atoms with Crippen LogP contribution in [0.2, 0.25) is 0 Å². The standard InChI is InChI=1S/C12H21F3N2O/c13-12(14,15)10-1-5-17(6-2-10)7-3-11-9-18-8-4-16-11/h10-11,16H,1-9H2. The molecule has 18 heavy (non-hydrogen) atoms. The van der Waals surface area contributed by atoms with Gasteiger partial charge in [-0.2, -0.15) is 13.2 Å². The van der Waals surface area contributed by atoms with Crippen LogP contribution in [0.5, 0.6) is 0 Å². The highest BCUT2D eigenvalue weighted by Gasteiger charge is 2.40.